The standard InChI is InChI=1S/C27H33F4N3O3/c1-26(2,27(29,30)31)17-33-10-7-18(8-11-33)16-37-21-4-6-24(32-14-21)19-3-5-22(23(28)13-19)25(36)34-12-9-20(35)15-34/h3-6,13-14,18,20,35H,7-12,15-17H2,1-2H3/t20-/m1/s1. The van der Waals surface area contributed by atoms with Crippen molar-refractivity contribution in [1.82, 2.24) is 14.8 Å². The topological polar surface area (TPSA) is 65.9 Å². The van der Waals surface area contributed by atoms with Gasteiger partial charge in [0, 0.05) is 25.2 Å². The highest BCUT2D eigenvalue weighted by atomic mass is 19.4. The Balaban J connectivity index is 1.27. The largest absolute Gasteiger partial charge is 0.492 e. The zero-order valence-corrected chi connectivity index (χ0v) is 21.1. The fraction of sp³-hybridized carbons (Fsp3) is 0.556. The molecule has 2 aromatic rings. The molecule has 2 fully saturated rings. The van der Waals surface area contributed by atoms with Gasteiger partial charge in [-0.25, -0.2) is 4.39 Å². The maximum atomic E-state index is 14.7. The molecule has 0 unspecified atom stereocenters. The molecule has 0 radical (unpaired) electrons. The smallest absolute Gasteiger partial charge is 0.395 e. The number of alkyl halides is 3. The van der Waals surface area contributed by atoms with Gasteiger partial charge in [0.05, 0.1) is 35.6 Å². The molecule has 0 saturated carbocycles. The number of benzene rings is 1. The van der Waals surface area contributed by atoms with Crippen LogP contribution in [-0.2, 0) is 0 Å². The second-order valence-electron chi connectivity index (χ2n) is 10.7. The Bertz CT molecular complexity index is 1080. The van der Waals surface area contributed by atoms with Gasteiger partial charge in [0.2, 0.25) is 0 Å². The van der Waals surface area contributed by atoms with E-state index < -0.39 is 29.4 Å². The summed E-state index contributed by atoms with van der Waals surface area (Å²) in [6, 6.07) is 7.80. The van der Waals surface area contributed by atoms with Crippen molar-refractivity contribution in [3.8, 4) is 17.0 Å². The van der Waals surface area contributed by atoms with Gasteiger partial charge in [-0.2, -0.15) is 13.2 Å². The third-order valence-corrected chi connectivity index (χ3v) is 7.26. The van der Waals surface area contributed by atoms with Crippen molar-refractivity contribution in [3.63, 3.8) is 0 Å². The van der Waals surface area contributed by atoms with Crippen LogP contribution in [0.1, 0.15) is 43.5 Å². The number of carbonyl (C=O) groups is 1. The number of β-amino-alcohol motifs (C(OH)–C–C–N with tert-alkyl or cyclic N) is 1. The second kappa shape index (κ2) is 10.9. The minimum absolute atomic E-state index is 0.00737. The van der Waals surface area contributed by atoms with E-state index in [4.69, 9.17) is 4.74 Å². The summed E-state index contributed by atoms with van der Waals surface area (Å²) in [6.07, 6.45) is -1.22. The van der Waals surface area contributed by atoms with Gasteiger partial charge in [0.15, 0.2) is 0 Å². The number of ether oxygens (including phenoxy) is 1. The average Bonchev–Trinajstić information content (AvgIpc) is 3.29. The first kappa shape index (κ1) is 27.3. The van der Waals surface area contributed by atoms with Crippen molar-refractivity contribution in [1.29, 1.82) is 0 Å². The van der Waals surface area contributed by atoms with E-state index in [1.54, 1.807) is 24.4 Å². The third-order valence-electron chi connectivity index (χ3n) is 7.26. The van der Waals surface area contributed by atoms with Gasteiger partial charge in [-0.3, -0.25) is 9.78 Å². The van der Waals surface area contributed by atoms with Gasteiger partial charge < -0.3 is 19.6 Å². The van der Waals surface area contributed by atoms with Crippen LogP contribution in [-0.4, -0.2) is 77.4 Å². The molecule has 202 valence electrons. The molecule has 2 aliphatic rings. The average molecular weight is 524 g/mol. The van der Waals surface area contributed by atoms with Gasteiger partial charge >= 0.3 is 6.18 Å². The lowest BCUT2D eigenvalue weighted by Gasteiger charge is -2.38. The Labute approximate surface area is 214 Å². The number of aliphatic hydroxyl groups excluding tert-OH is 1. The first-order chi connectivity index (χ1) is 17.4. The number of aromatic nitrogens is 1. The van der Waals surface area contributed by atoms with E-state index in [1.807, 2.05) is 4.90 Å². The number of amides is 1. The molecule has 2 aliphatic heterocycles. The van der Waals surface area contributed by atoms with Crippen LogP contribution in [0.4, 0.5) is 17.6 Å². The Morgan fingerprint density at radius 1 is 1.11 bits per heavy atom. The van der Waals surface area contributed by atoms with Gasteiger partial charge in [-0.1, -0.05) is 6.07 Å². The molecule has 1 aromatic carbocycles. The van der Waals surface area contributed by atoms with Crippen LogP contribution in [0.5, 0.6) is 5.75 Å². The minimum atomic E-state index is -4.23. The van der Waals surface area contributed by atoms with E-state index in [9.17, 15) is 27.5 Å². The zero-order chi connectivity index (χ0) is 26.8. The van der Waals surface area contributed by atoms with Crippen molar-refractivity contribution in [3.05, 3.63) is 47.9 Å². The lowest BCUT2D eigenvalue weighted by molar-refractivity contribution is -0.217. The molecule has 0 bridgehead atoms. The molecular weight excluding hydrogens is 490 g/mol. The van der Waals surface area contributed by atoms with E-state index in [0.29, 0.717) is 49.7 Å². The fourth-order valence-corrected chi connectivity index (χ4v) is 4.75. The lowest BCUT2D eigenvalue weighted by atomic mass is 9.89. The van der Waals surface area contributed by atoms with Crippen LogP contribution < -0.4 is 4.74 Å². The van der Waals surface area contributed by atoms with Gasteiger partial charge in [0.1, 0.15) is 11.6 Å². The number of hydrogen-bond acceptors (Lipinski definition) is 5. The maximum absolute atomic E-state index is 14.7. The summed E-state index contributed by atoms with van der Waals surface area (Å²) in [7, 11) is 0. The summed E-state index contributed by atoms with van der Waals surface area (Å²) >= 11 is 0. The molecule has 0 spiro atoms. The number of halogens is 4. The van der Waals surface area contributed by atoms with E-state index >= 15 is 0 Å². The Morgan fingerprint density at radius 2 is 1.84 bits per heavy atom. The normalized spacial score (nSPS) is 19.9. The summed E-state index contributed by atoms with van der Waals surface area (Å²) in [4.78, 5) is 20.2. The lowest BCUT2D eigenvalue weighted by Crippen LogP contribution is -2.46. The van der Waals surface area contributed by atoms with Crippen LogP contribution in [0.3, 0.4) is 0 Å². The van der Waals surface area contributed by atoms with Crippen LogP contribution >= 0.6 is 0 Å². The highest BCUT2D eigenvalue weighted by molar-refractivity contribution is 5.95. The van der Waals surface area contributed by atoms with E-state index in [-0.39, 0.29) is 24.6 Å². The second-order valence-corrected chi connectivity index (χ2v) is 10.7. The molecule has 1 aromatic heterocycles. The number of likely N-dealkylation sites (tertiary alicyclic amines) is 2. The molecule has 1 amide bonds. The summed E-state index contributed by atoms with van der Waals surface area (Å²) in [6.45, 7) is 4.74. The molecule has 6 nitrogen and oxygen atoms in total. The number of nitrogens with zero attached hydrogens (tertiary/aromatic N) is 3. The molecule has 37 heavy (non-hydrogen) atoms. The highest BCUT2D eigenvalue weighted by Crippen LogP contribution is 2.38. The van der Waals surface area contributed by atoms with E-state index in [2.05, 4.69) is 4.98 Å². The van der Waals surface area contributed by atoms with E-state index in [1.165, 1.54) is 30.9 Å². The van der Waals surface area contributed by atoms with Crippen molar-refractivity contribution in [2.24, 2.45) is 11.3 Å². The Hall–Kier alpha value is -2.72. The first-order valence-corrected chi connectivity index (χ1v) is 12.6. The Morgan fingerprint density at radius 3 is 2.41 bits per heavy atom. The molecule has 2 saturated heterocycles. The van der Waals surface area contributed by atoms with Crippen LogP contribution in [0.2, 0.25) is 0 Å². The molecule has 4 rings (SSSR count). The molecule has 1 N–H and O–H groups in total. The summed E-state index contributed by atoms with van der Waals surface area (Å²) < 4.78 is 60.0. The van der Waals surface area contributed by atoms with Crippen LogP contribution in [0, 0.1) is 17.2 Å². The minimum Gasteiger partial charge on any atom is -0.492 e. The summed E-state index contributed by atoms with van der Waals surface area (Å²) in [5, 5.41) is 9.62. The van der Waals surface area contributed by atoms with Crippen molar-refractivity contribution < 1.29 is 32.2 Å². The monoisotopic (exact) mass is 523 g/mol. The molecular formula is C27H33F4N3O3. The number of piperidine rings is 1. The predicted octanol–water partition coefficient (Wildman–Crippen LogP) is 4.77. The number of hydrogen-bond donors (Lipinski definition) is 1. The van der Waals surface area contributed by atoms with Crippen molar-refractivity contribution >= 4 is 5.91 Å². The van der Waals surface area contributed by atoms with Crippen molar-refractivity contribution in [2.75, 3.05) is 39.3 Å². The van der Waals surface area contributed by atoms with Crippen molar-refractivity contribution in [2.45, 2.75) is 45.4 Å². The van der Waals surface area contributed by atoms with Gasteiger partial charge in [-0.05, 0) is 76.4 Å². The number of carbonyl (C=O) groups excluding carboxylic acids is 1. The molecule has 10 heteroatoms. The van der Waals surface area contributed by atoms with Crippen LogP contribution in [0.25, 0.3) is 11.3 Å². The maximum Gasteiger partial charge on any atom is 0.395 e. The molecule has 0 aliphatic carbocycles. The Kier molecular flexibility index (Phi) is 8.08. The summed E-state index contributed by atoms with van der Waals surface area (Å²) in [5.41, 5.74) is -0.718. The summed E-state index contributed by atoms with van der Waals surface area (Å²) in [5.74, 6) is -0.270. The zero-order valence-electron chi connectivity index (χ0n) is 21.1. The van der Waals surface area contributed by atoms with Gasteiger partial charge in [-0.15, -0.1) is 0 Å². The molecule has 1 atom stereocenters. The van der Waals surface area contributed by atoms with Crippen LogP contribution in [0.15, 0.2) is 36.5 Å². The van der Waals surface area contributed by atoms with Gasteiger partial charge in [0.25, 0.3) is 5.91 Å². The fourth-order valence-electron chi connectivity index (χ4n) is 4.75. The number of aliphatic hydroxyl groups is 1. The van der Waals surface area contributed by atoms with E-state index in [0.717, 1.165) is 12.8 Å². The predicted molar refractivity (Wildman–Crippen MR) is 131 cm³/mol. The first-order valence-electron chi connectivity index (χ1n) is 12.6. The highest BCUT2D eigenvalue weighted by Gasteiger charge is 2.48. The number of pyridine rings is 1. The molecule has 3 heterocycles. The third kappa shape index (κ3) is 6.59. The quantitative estimate of drug-likeness (QED) is 0.530. The SMILES string of the molecule is CC(C)(CN1CCC(COc2ccc(-c3ccc(C(=O)N4CC[C@@H](O)C4)c(F)c3)nc2)CC1)C(F)(F)F. The number of rotatable bonds is 7.